The molecule has 0 saturated heterocycles. The molecule has 0 saturated carbocycles. The Balaban J connectivity index is 0.941. The average Bonchev–Trinajstić information content (AvgIpc) is 1.96. The van der Waals surface area contributed by atoms with Gasteiger partial charge in [-0.05, 0) is 171 Å². The van der Waals surface area contributed by atoms with Gasteiger partial charge in [0.05, 0.1) is 11.1 Å². The van der Waals surface area contributed by atoms with Crippen molar-refractivity contribution >= 4 is 36.0 Å². The molecule has 0 atom stereocenters. The molecule has 0 aromatic heterocycles. The number of hydrogen-bond donors (Lipinski definition) is 2. The van der Waals surface area contributed by atoms with Gasteiger partial charge in [0.25, 0.3) is 12.9 Å². The van der Waals surface area contributed by atoms with Gasteiger partial charge in [0.1, 0.15) is 11.5 Å². The average molecular weight is 1120 g/mol. The topological polar surface area (TPSA) is 127 Å². The van der Waals surface area contributed by atoms with Gasteiger partial charge in [-0.3, -0.25) is 9.59 Å². The number of carbonyl (C=O) groups is 4. The van der Waals surface area contributed by atoms with E-state index in [-0.39, 0.29) is 11.1 Å². The zero-order valence-electron chi connectivity index (χ0n) is 46.2. The van der Waals surface area contributed by atoms with Gasteiger partial charge in [-0.2, -0.15) is 0 Å². The van der Waals surface area contributed by atoms with Crippen molar-refractivity contribution in [1.82, 2.24) is 0 Å². The van der Waals surface area contributed by atoms with E-state index < -0.39 is 11.9 Å². The van der Waals surface area contributed by atoms with Gasteiger partial charge in [0.15, 0.2) is 0 Å². The first-order valence-electron chi connectivity index (χ1n) is 27.8. The summed E-state index contributed by atoms with van der Waals surface area (Å²) in [7, 11) is 0. The van der Waals surface area contributed by atoms with Crippen molar-refractivity contribution in [2.75, 3.05) is 0 Å². The van der Waals surface area contributed by atoms with Gasteiger partial charge in [0, 0.05) is 0 Å². The monoisotopic (exact) mass is 1120 g/mol. The van der Waals surface area contributed by atoms with Crippen LogP contribution in [0.1, 0.15) is 43.0 Å². The van der Waals surface area contributed by atoms with E-state index in [1.54, 1.807) is 48.5 Å². The van der Waals surface area contributed by atoms with Gasteiger partial charge in [-0.1, -0.05) is 243 Å². The lowest BCUT2D eigenvalue weighted by molar-refractivity contribution is -0.121. The number of carboxylic acids is 2. The molecule has 0 aliphatic heterocycles. The summed E-state index contributed by atoms with van der Waals surface area (Å²) in [6.07, 6.45) is 0. The van der Waals surface area contributed by atoms with Crippen LogP contribution in [0.3, 0.4) is 0 Å². The Bertz CT molecular complexity index is 4110. The lowest BCUT2D eigenvalue weighted by atomic mass is 9.84. The first kappa shape index (κ1) is 54.8. The summed E-state index contributed by atoms with van der Waals surface area (Å²) < 4.78 is 10.0. The minimum atomic E-state index is -0.958. The molecule has 412 valence electrons. The van der Waals surface area contributed by atoms with Crippen LogP contribution in [0.25, 0.3) is 100 Å². The highest BCUT2D eigenvalue weighted by Gasteiger charge is 2.19. The summed E-state index contributed by atoms with van der Waals surface area (Å²) in [6, 6.07) is 97.1. The fourth-order valence-corrected chi connectivity index (χ4v) is 10.8. The maximum absolute atomic E-state index is 11.5. The molecule has 12 aromatic rings. The number of carbonyl (C=O) groups excluding carboxylic acids is 2. The van der Waals surface area contributed by atoms with Crippen molar-refractivity contribution in [1.29, 1.82) is 0 Å². The highest BCUT2D eigenvalue weighted by Crippen LogP contribution is 2.41. The highest BCUT2D eigenvalue weighted by molar-refractivity contribution is 6.05. The normalized spacial score (nSPS) is 10.8. The van der Waals surface area contributed by atoms with Gasteiger partial charge >= 0.3 is 11.9 Å². The van der Waals surface area contributed by atoms with Crippen molar-refractivity contribution < 1.29 is 38.9 Å². The van der Waals surface area contributed by atoms with E-state index in [0.717, 1.165) is 122 Å². The quantitative estimate of drug-likeness (QED) is 0.0642. The van der Waals surface area contributed by atoms with Crippen molar-refractivity contribution in [3.8, 4) is 101 Å². The zero-order valence-corrected chi connectivity index (χ0v) is 46.2. The van der Waals surface area contributed by atoms with Crippen LogP contribution in [0.5, 0.6) is 11.5 Å². The summed E-state index contributed by atoms with van der Waals surface area (Å²) >= 11 is 0. The number of hydrogen-bond acceptors (Lipinski definition) is 6. The molecule has 8 nitrogen and oxygen atoms in total. The first-order chi connectivity index (χ1) is 42.1. The number of ether oxygens (including phenoxy) is 2. The van der Waals surface area contributed by atoms with Gasteiger partial charge in [-0.15, -0.1) is 0 Å². The van der Waals surface area contributed by atoms with Crippen LogP contribution in [-0.4, -0.2) is 35.1 Å². The lowest BCUT2D eigenvalue weighted by Crippen LogP contribution is -1.98. The molecule has 0 spiro atoms. The van der Waals surface area contributed by atoms with E-state index in [2.05, 4.69) is 194 Å². The Morgan fingerprint density at radius 1 is 0.209 bits per heavy atom. The molecule has 0 aliphatic carbocycles. The van der Waals surface area contributed by atoms with E-state index >= 15 is 0 Å². The Hall–Kier alpha value is -11.7. The van der Waals surface area contributed by atoms with E-state index in [1.165, 1.54) is 0 Å². The Kier molecular flexibility index (Phi) is 15.8. The zero-order chi connectivity index (χ0) is 58.9. The Morgan fingerprint density at radius 3 is 0.477 bits per heavy atom. The van der Waals surface area contributed by atoms with Crippen LogP contribution >= 0.6 is 0 Å². The molecule has 12 rings (SSSR count). The fourth-order valence-electron chi connectivity index (χ4n) is 10.8. The minimum absolute atomic E-state index is 0.244. The van der Waals surface area contributed by atoms with Gasteiger partial charge in [-0.25, -0.2) is 9.59 Å². The molecule has 8 heteroatoms. The summed E-state index contributed by atoms with van der Waals surface area (Å²) in [5.41, 5.74) is 22.9. The van der Waals surface area contributed by atoms with Crippen LogP contribution in [0.15, 0.2) is 291 Å². The second-order valence-electron chi connectivity index (χ2n) is 20.6. The number of aromatic carboxylic acids is 2. The molecule has 0 aliphatic rings. The summed E-state index contributed by atoms with van der Waals surface area (Å²) in [4.78, 5) is 44.8. The van der Waals surface area contributed by atoms with Crippen molar-refractivity contribution in [3.05, 3.63) is 325 Å². The summed E-state index contributed by atoms with van der Waals surface area (Å²) in [5.74, 6) is -0.945. The van der Waals surface area contributed by atoms with Gasteiger partial charge < -0.3 is 19.7 Å². The third-order valence-corrected chi connectivity index (χ3v) is 15.5. The predicted octanol–water partition coefficient (Wildman–Crippen LogP) is 18.5. The van der Waals surface area contributed by atoms with Crippen molar-refractivity contribution in [2.45, 2.75) is 0 Å². The standard InChI is InChI=1S/C78H52O8/c79-49-85-73-45-41-65(42-46-73)57-13-9-53(10-14-57)61-21-33-69(34-22-61)76(70-35-23-62(24-36-70)54-11-15-58(16-12-54)66-43-47-74(48-44-66)86-50-80)75(67-29-17-59(18-30-67)51-1-5-55(6-2-51)63-25-37-71(38-26-63)77(81)82)68-31-19-60(20-32-68)52-3-7-56(8-4-52)64-27-39-72(40-28-64)78(83)84/h1-50H,(H,81,82)(H,83,84). The molecule has 0 unspecified atom stereocenters. The second kappa shape index (κ2) is 24.8. The van der Waals surface area contributed by atoms with Crippen LogP contribution in [0.2, 0.25) is 0 Å². The third kappa shape index (κ3) is 12.1. The molecule has 0 heterocycles. The summed E-state index contributed by atoms with van der Waals surface area (Å²) in [6.45, 7) is 0.851. The molecule has 12 aromatic carbocycles. The lowest BCUT2D eigenvalue weighted by Gasteiger charge is -2.20. The molecule has 2 N–H and O–H groups in total. The summed E-state index contributed by atoms with van der Waals surface area (Å²) in [5, 5.41) is 18.9. The highest BCUT2D eigenvalue weighted by atomic mass is 16.5. The maximum atomic E-state index is 11.5. The molecule has 0 fully saturated rings. The van der Waals surface area contributed by atoms with Crippen molar-refractivity contribution in [2.24, 2.45) is 0 Å². The smallest absolute Gasteiger partial charge is 0.335 e. The predicted molar refractivity (Wildman–Crippen MR) is 342 cm³/mol. The van der Waals surface area contributed by atoms with E-state index in [1.807, 2.05) is 48.5 Å². The molecular weight excluding hydrogens is 1060 g/mol. The molecular formula is C78H52O8. The SMILES string of the molecule is O=COc1ccc(-c2ccc(-c3ccc(C(=C(c4ccc(-c5ccc(-c6ccc(C(=O)O)cc6)cc5)cc4)c4ccc(-c5ccc(-c6ccc(C(=O)O)cc6)cc5)cc4)c4ccc(-c5ccc(-c6ccc(OC=O)cc6)cc5)cc4)cc3)cc2)cc1. The number of carboxylic acid groups (broad SMARTS) is 2. The fraction of sp³-hybridized carbons (Fsp3) is 0. The largest absolute Gasteiger partial charge is 0.478 e. The first-order valence-corrected chi connectivity index (χ1v) is 27.8. The van der Waals surface area contributed by atoms with E-state index in [0.29, 0.717) is 24.4 Å². The van der Waals surface area contributed by atoms with Crippen LogP contribution in [-0.2, 0) is 9.59 Å². The van der Waals surface area contributed by atoms with Crippen molar-refractivity contribution in [3.63, 3.8) is 0 Å². The Morgan fingerprint density at radius 2 is 0.337 bits per heavy atom. The van der Waals surface area contributed by atoms with Crippen LogP contribution in [0.4, 0.5) is 0 Å². The second-order valence-corrected chi connectivity index (χ2v) is 20.6. The Labute approximate surface area is 497 Å². The molecule has 0 bridgehead atoms. The molecule has 0 amide bonds. The van der Waals surface area contributed by atoms with Crippen LogP contribution in [0, 0.1) is 0 Å². The minimum Gasteiger partial charge on any atom is -0.478 e. The number of benzene rings is 12. The van der Waals surface area contributed by atoms with Gasteiger partial charge in [0.2, 0.25) is 0 Å². The molecule has 86 heavy (non-hydrogen) atoms. The molecule has 0 radical (unpaired) electrons. The maximum Gasteiger partial charge on any atom is 0.335 e. The van der Waals surface area contributed by atoms with E-state index in [4.69, 9.17) is 9.47 Å². The third-order valence-electron chi connectivity index (χ3n) is 15.5. The van der Waals surface area contributed by atoms with Crippen LogP contribution < -0.4 is 9.47 Å². The van der Waals surface area contributed by atoms with E-state index in [9.17, 15) is 29.4 Å². The number of rotatable bonds is 18.